The molecule has 0 bridgehead atoms. The van der Waals surface area contributed by atoms with Crippen LogP contribution in [0.2, 0.25) is 0 Å². The van der Waals surface area contributed by atoms with Crippen LogP contribution in [0.25, 0.3) is 0 Å². The van der Waals surface area contributed by atoms with Gasteiger partial charge < -0.3 is 4.90 Å². The van der Waals surface area contributed by atoms with Crippen LogP contribution in [0.4, 0.5) is 11.4 Å². The number of thiazole rings is 1. The molecule has 6 nitrogen and oxygen atoms in total. The van der Waals surface area contributed by atoms with Crippen molar-refractivity contribution < 1.29 is 4.92 Å². The Labute approximate surface area is 122 Å². The second kappa shape index (κ2) is 6.07. The second-order valence-electron chi connectivity index (χ2n) is 3.84. The van der Waals surface area contributed by atoms with E-state index in [2.05, 4.69) is 25.9 Å². The number of aromatic nitrogens is 2. The summed E-state index contributed by atoms with van der Waals surface area (Å²) in [6.45, 7) is 0.650. The molecule has 2 aromatic rings. The van der Waals surface area contributed by atoms with Gasteiger partial charge in [-0.05, 0) is 15.9 Å². The molecule has 0 aromatic carbocycles. The van der Waals surface area contributed by atoms with Gasteiger partial charge in [-0.25, -0.2) is 4.98 Å². The Hall–Kier alpha value is -1.54. The van der Waals surface area contributed by atoms with Crippen molar-refractivity contribution >= 4 is 38.6 Å². The van der Waals surface area contributed by atoms with Crippen LogP contribution in [0.15, 0.2) is 28.4 Å². The Bertz CT molecular complexity index is 576. The molecule has 0 spiro atoms. The zero-order valence-corrected chi connectivity index (χ0v) is 12.5. The number of nitrogens with zero attached hydrogens (tertiary/aromatic N) is 4. The molecule has 2 heterocycles. The predicted molar refractivity (Wildman–Crippen MR) is 77.7 cm³/mol. The molecule has 19 heavy (non-hydrogen) atoms. The van der Waals surface area contributed by atoms with Crippen LogP contribution >= 0.6 is 27.3 Å². The smallest absolute Gasteiger partial charge is 0.311 e. The lowest BCUT2D eigenvalue weighted by atomic mass is 10.3. The molecule has 2 aromatic heterocycles. The highest BCUT2D eigenvalue weighted by molar-refractivity contribution is 9.10. The van der Waals surface area contributed by atoms with E-state index in [1.165, 1.54) is 6.20 Å². The fraction of sp³-hybridized carbons (Fsp3) is 0.273. The van der Waals surface area contributed by atoms with Gasteiger partial charge in [-0.1, -0.05) is 0 Å². The normalized spacial score (nSPS) is 10.4. The second-order valence-corrected chi connectivity index (χ2v) is 5.68. The summed E-state index contributed by atoms with van der Waals surface area (Å²) in [5.74, 6) is 0. The van der Waals surface area contributed by atoms with Crippen LogP contribution in [0, 0.1) is 10.1 Å². The number of halogens is 1. The highest BCUT2D eigenvalue weighted by atomic mass is 79.9. The summed E-state index contributed by atoms with van der Waals surface area (Å²) in [4.78, 5) is 20.5. The molecule has 100 valence electrons. The molecule has 0 saturated heterocycles. The van der Waals surface area contributed by atoms with Crippen LogP contribution in [0.1, 0.15) is 5.01 Å². The molecule has 8 heteroatoms. The van der Waals surface area contributed by atoms with Gasteiger partial charge in [0.1, 0.15) is 11.9 Å². The molecule has 0 radical (unpaired) electrons. The molecule has 0 N–H and O–H groups in total. The summed E-state index contributed by atoms with van der Waals surface area (Å²) in [6.07, 6.45) is 5.33. The van der Waals surface area contributed by atoms with E-state index in [1.54, 1.807) is 23.7 Å². The van der Waals surface area contributed by atoms with Gasteiger partial charge in [0.15, 0.2) is 0 Å². The number of likely N-dealkylation sites (N-methyl/N-ethyl adjacent to an activating group) is 1. The maximum Gasteiger partial charge on any atom is 0.311 e. The maximum atomic E-state index is 11.0. The van der Waals surface area contributed by atoms with Gasteiger partial charge in [0.2, 0.25) is 0 Å². The quantitative estimate of drug-likeness (QED) is 0.617. The first-order valence-corrected chi connectivity index (χ1v) is 7.14. The molecule has 0 aliphatic rings. The van der Waals surface area contributed by atoms with E-state index in [0.717, 1.165) is 11.4 Å². The number of hydrogen-bond acceptors (Lipinski definition) is 6. The summed E-state index contributed by atoms with van der Waals surface area (Å²) in [6, 6.07) is 0. The first kappa shape index (κ1) is 13.9. The third kappa shape index (κ3) is 3.27. The van der Waals surface area contributed by atoms with E-state index in [-0.39, 0.29) is 5.69 Å². The zero-order valence-electron chi connectivity index (χ0n) is 10.1. The molecule has 0 fully saturated rings. The van der Waals surface area contributed by atoms with E-state index in [4.69, 9.17) is 0 Å². The van der Waals surface area contributed by atoms with Crippen molar-refractivity contribution in [3.63, 3.8) is 0 Å². The van der Waals surface area contributed by atoms with Crippen LogP contribution < -0.4 is 4.90 Å². The Morgan fingerprint density at radius 1 is 1.53 bits per heavy atom. The topological polar surface area (TPSA) is 72.2 Å². The van der Waals surface area contributed by atoms with Crippen LogP contribution in [-0.4, -0.2) is 28.5 Å². The Kier molecular flexibility index (Phi) is 4.43. The molecular formula is C11H11BrN4O2S. The van der Waals surface area contributed by atoms with Crippen molar-refractivity contribution in [3.05, 3.63) is 43.6 Å². The van der Waals surface area contributed by atoms with Crippen molar-refractivity contribution in [1.29, 1.82) is 0 Å². The predicted octanol–water partition coefficient (Wildman–Crippen LogP) is 2.89. The third-order valence-corrected chi connectivity index (χ3v) is 4.00. The molecule has 0 amide bonds. The van der Waals surface area contributed by atoms with Crippen molar-refractivity contribution in [3.8, 4) is 0 Å². The maximum absolute atomic E-state index is 11.0. The SMILES string of the molecule is CN(CCc1nccs1)c1c(Br)cncc1[N+](=O)[O-]. The summed E-state index contributed by atoms with van der Waals surface area (Å²) in [7, 11) is 1.82. The van der Waals surface area contributed by atoms with Gasteiger partial charge in [-0.2, -0.15) is 0 Å². The van der Waals surface area contributed by atoms with Crippen molar-refractivity contribution in [2.24, 2.45) is 0 Å². The minimum Gasteiger partial charge on any atom is -0.368 e. The largest absolute Gasteiger partial charge is 0.368 e. The highest BCUT2D eigenvalue weighted by Crippen LogP contribution is 2.33. The van der Waals surface area contributed by atoms with E-state index in [9.17, 15) is 10.1 Å². The standard InChI is InChI=1S/C11H11BrN4O2S/c1-15(4-2-10-14-3-5-19-10)11-8(12)6-13-7-9(11)16(17)18/h3,5-7H,2,4H2,1H3. The summed E-state index contributed by atoms with van der Waals surface area (Å²) < 4.78 is 0.614. The van der Waals surface area contributed by atoms with Crippen LogP contribution in [0.3, 0.4) is 0 Å². The number of nitro groups is 1. The lowest BCUT2D eigenvalue weighted by molar-refractivity contribution is -0.384. The number of anilines is 1. The minimum atomic E-state index is -0.424. The minimum absolute atomic E-state index is 0.00369. The summed E-state index contributed by atoms with van der Waals surface area (Å²) >= 11 is 4.89. The fourth-order valence-electron chi connectivity index (χ4n) is 1.68. The average molecular weight is 343 g/mol. The fourth-order valence-corrected chi connectivity index (χ4v) is 2.91. The Morgan fingerprint density at radius 2 is 2.32 bits per heavy atom. The summed E-state index contributed by atoms with van der Waals surface area (Å²) in [5.41, 5.74) is 0.535. The van der Waals surface area contributed by atoms with Crippen molar-refractivity contribution in [1.82, 2.24) is 9.97 Å². The highest BCUT2D eigenvalue weighted by Gasteiger charge is 2.20. The first-order chi connectivity index (χ1) is 9.09. The van der Waals surface area contributed by atoms with Crippen LogP contribution in [0.5, 0.6) is 0 Å². The van der Waals surface area contributed by atoms with Crippen molar-refractivity contribution in [2.75, 3.05) is 18.5 Å². The zero-order chi connectivity index (χ0) is 13.8. The lowest BCUT2D eigenvalue weighted by Crippen LogP contribution is -2.22. The first-order valence-electron chi connectivity index (χ1n) is 5.47. The average Bonchev–Trinajstić information content (AvgIpc) is 2.88. The van der Waals surface area contributed by atoms with E-state index >= 15 is 0 Å². The molecular weight excluding hydrogens is 332 g/mol. The van der Waals surface area contributed by atoms with Gasteiger partial charge in [-0.3, -0.25) is 15.1 Å². The number of pyridine rings is 1. The Balaban J connectivity index is 2.18. The lowest BCUT2D eigenvalue weighted by Gasteiger charge is -2.19. The van der Waals surface area contributed by atoms with E-state index in [0.29, 0.717) is 16.7 Å². The van der Waals surface area contributed by atoms with Gasteiger partial charge in [0.05, 0.1) is 14.4 Å². The van der Waals surface area contributed by atoms with Crippen LogP contribution in [-0.2, 0) is 6.42 Å². The number of rotatable bonds is 5. The van der Waals surface area contributed by atoms with E-state index in [1.807, 2.05) is 17.3 Å². The molecule has 0 unspecified atom stereocenters. The van der Waals surface area contributed by atoms with Gasteiger partial charge in [0.25, 0.3) is 0 Å². The van der Waals surface area contributed by atoms with Gasteiger partial charge in [-0.15, -0.1) is 11.3 Å². The van der Waals surface area contributed by atoms with Gasteiger partial charge >= 0.3 is 5.69 Å². The molecule has 0 atom stereocenters. The monoisotopic (exact) mass is 342 g/mol. The molecule has 0 aliphatic heterocycles. The van der Waals surface area contributed by atoms with Gasteiger partial charge in [0, 0.05) is 37.8 Å². The third-order valence-electron chi connectivity index (χ3n) is 2.58. The summed E-state index contributed by atoms with van der Waals surface area (Å²) in [5, 5.41) is 13.9. The molecule has 0 aliphatic carbocycles. The van der Waals surface area contributed by atoms with E-state index < -0.39 is 4.92 Å². The Morgan fingerprint density at radius 3 is 2.95 bits per heavy atom. The number of hydrogen-bond donors (Lipinski definition) is 0. The molecule has 0 saturated carbocycles. The van der Waals surface area contributed by atoms with Crippen molar-refractivity contribution in [2.45, 2.75) is 6.42 Å². The molecule has 2 rings (SSSR count).